The fraction of sp³-hybridized carbons (Fsp3) is 0.333. The second kappa shape index (κ2) is 6.91. The van der Waals surface area contributed by atoms with Gasteiger partial charge < -0.3 is 10.6 Å². The fourth-order valence-corrected chi connectivity index (χ4v) is 2.08. The third-order valence-electron chi connectivity index (χ3n) is 3.51. The molecule has 1 atom stereocenters. The zero-order valence-electron chi connectivity index (χ0n) is 13.2. The first-order valence-electron chi connectivity index (χ1n) is 7.17. The van der Waals surface area contributed by atoms with Crippen LogP contribution in [0.2, 0.25) is 0 Å². The summed E-state index contributed by atoms with van der Waals surface area (Å²) in [4.78, 5) is 37.3. The summed E-state index contributed by atoms with van der Waals surface area (Å²) in [6.07, 6.45) is -0.313. The summed E-state index contributed by atoms with van der Waals surface area (Å²) >= 11 is 0. The summed E-state index contributed by atoms with van der Waals surface area (Å²) in [5.74, 6) is -0.554. The first-order chi connectivity index (χ1) is 10.9. The molecule has 0 aliphatic carbocycles. The lowest BCUT2D eigenvalue weighted by molar-refractivity contribution is -0.127. The Morgan fingerprint density at radius 1 is 1.26 bits per heavy atom. The molecule has 23 heavy (non-hydrogen) atoms. The summed E-state index contributed by atoms with van der Waals surface area (Å²) in [5.41, 5.74) is 2.26. The van der Waals surface area contributed by atoms with Crippen LogP contribution in [0.4, 0.5) is 5.69 Å². The Morgan fingerprint density at radius 2 is 2.00 bits per heavy atom. The van der Waals surface area contributed by atoms with Crippen LogP contribution in [-0.4, -0.2) is 27.0 Å². The molecule has 4 N–H and O–H groups in total. The number of anilines is 1. The van der Waals surface area contributed by atoms with Crippen molar-refractivity contribution < 1.29 is 9.59 Å². The van der Waals surface area contributed by atoms with Crippen molar-refractivity contribution in [2.45, 2.75) is 33.2 Å². The van der Waals surface area contributed by atoms with Crippen LogP contribution in [0.1, 0.15) is 36.3 Å². The highest BCUT2D eigenvalue weighted by Crippen LogP contribution is 2.18. The molecule has 1 heterocycles. The number of hydrogen-bond acceptors (Lipinski definition) is 4. The minimum Gasteiger partial charge on any atom is -0.346 e. The van der Waals surface area contributed by atoms with Crippen LogP contribution >= 0.6 is 0 Å². The Kier molecular flexibility index (Phi) is 4.95. The summed E-state index contributed by atoms with van der Waals surface area (Å²) in [6.45, 7) is 5.51. The highest BCUT2D eigenvalue weighted by Gasteiger charge is 2.16. The van der Waals surface area contributed by atoms with E-state index in [-0.39, 0.29) is 6.42 Å². The third kappa shape index (κ3) is 4.29. The number of rotatable bonds is 5. The van der Waals surface area contributed by atoms with E-state index in [2.05, 4.69) is 25.8 Å². The number of aryl methyl sites for hydroxylation is 1. The van der Waals surface area contributed by atoms with Crippen molar-refractivity contribution in [3.05, 3.63) is 45.6 Å². The molecule has 0 saturated carbocycles. The third-order valence-corrected chi connectivity index (χ3v) is 3.51. The van der Waals surface area contributed by atoms with Crippen molar-refractivity contribution in [2.24, 2.45) is 0 Å². The van der Waals surface area contributed by atoms with Crippen molar-refractivity contribution in [3.63, 3.8) is 0 Å². The lowest BCUT2D eigenvalue weighted by Crippen LogP contribution is -2.31. The lowest BCUT2D eigenvalue weighted by atomic mass is 10.1. The van der Waals surface area contributed by atoms with Crippen LogP contribution in [0.5, 0.6) is 0 Å². The van der Waals surface area contributed by atoms with Gasteiger partial charge in [0, 0.05) is 5.69 Å². The average Bonchev–Trinajstić information content (AvgIpc) is 2.90. The highest BCUT2D eigenvalue weighted by atomic mass is 16.2. The van der Waals surface area contributed by atoms with Gasteiger partial charge in [-0.2, -0.15) is 5.10 Å². The van der Waals surface area contributed by atoms with E-state index in [0.717, 1.165) is 11.1 Å². The first-order valence-corrected chi connectivity index (χ1v) is 7.17. The van der Waals surface area contributed by atoms with E-state index < -0.39 is 23.5 Å². The Bertz CT molecular complexity index is 777. The first kappa shape index (κ1) is 16.5. The van der Waals surface area contributed by atoms with Crippen molar-refractivity contribution in [3.8, 4) is 0 Å². The molecule has 0 bridgehead atoms. The molecule has 1 unspecified atom stereocenters. The van der Waals surface area contributed by atoms with Crippen LogP contribution in [0.3, 0.4) is 0 Å². The molecule has 2 aromatic rings. The van der Waals surface area contributed by atoms with Gasteiger partial charge in [0.1, 0.15) is 6.42 Å². The molecule has 1 aromatic heterocycles. The molecular weight excluding hydrogens is 298 g/mol. The number of hydrogen-bond donors (Lipinski definition) is 4. The van der Waals surface area contributed by atoms with E-state index >= 15 is 0 Å². The molecule has 0 fully saturated rings. The smallest absolute Gasteiger partial charge is 0.340 e. The van der Waals surface area contributed by atoms with E-state index in [1.54, 1.807) is 13.0 Å². The lowest BCUT2D eigenvalue weighted by Gasteiger charge is -2.12. The molecular formula is C15H19N5O3. The second-order valence-corrected chi connectivity index (χ2v) is 5.32. The number of carbonyl (C=O) groups is 2. The molecule has 8 nitrogen and oxygen atoms in total. The predicted octanol–water partition coefficient (Wildman–Crippen LogP) is 0.921. The summed E-state index contributed by atoms with van der Waals surface area (Å²) in [5, 5.41) is 11.3. The van der Waals surface area contributed by atoms with Gasteiger partial charge in [0.25, 0.3) is 0 Å². The normalized spacial score (nSPS) is 11.8. The molecule has 2 amide bonds. The van der Waals surface area contributed by atoms with E-state index in [9.17, 15) is 14.4 Å². The summed E-state index contributed by atoms with van der Waals surface area (Å²) in [6, 6.07) is 5.07. The topological polar surface area (TPSA) is 120 Å². The Hall–Kier alpha value is -2.90. The molecule has 8 heteroatoms. The number of aromatic nitrogens is 3. The summed E-state index contributed by atoms with van der Waals surface area (Å²) in [7, 11) is 0. The van der Waals surface area contributed by atoms with Crippen molar-refractivity contribution in [1.82, 2.24) is 20.5 Å². The zero-order chi connectivity index (χ0) is 17.0. The minimum atomic E-state index is -0.505. The van der Waals surface area contributed by atoms with Gasteiger partial charge in [-0.25, -0.2) is 9.89 Å². The van der Waals surface area contributed by atoms with Gasteiger partial charge in [-0.05, 0) is 38.0 Å². The van der Waals surface area contributed by atoms with Crippen LogP contribution in [0, 0.1) is 13.8 Å². The molecule has 0 saturated heterocycles. The van der Waals surface area contributed by atoms with Gasteiger partial charge >= 0.3 is 5.69 Å². The van der Waals surface area contributed by atoms with Crippen LogP contribution in [0.15, 0.2) is 23.0 Å². The average molecular weight is 317 g/mol. The number of amides is 2. The number of H-pyrrole nitrogens is 2. The fourth-order valence-electron chi connectivity index (χ4n) is 2.08. The van der Waals surface area contributed by atoms with Crippen molar-refractivity contribution in [2.75, 3.05) is 5.32 Å². The van der Waals surface area contributed by atoms with Crippen LogP contribution in [-0.2, 0) is 9.59 Å². The van der Waals surface area contributed by atoms with E-state index in [1.807, 2.05) is 26.0 Å². The van der Waals surface area contributed by atoms with Crippen molar-refractivity contribution >= 4 is 17.5 Å². The Balaban J connectivity index is 1.91. The maximum atomic E-state index is 12.0. The SMILES string of the molecule is Cc1cccc(NC(=O)CC(=O)NC(C)c2n[nH]c(=O)[nH]2)c1C. The van der Waals surface area contributed by atoms with Gasteiger partial charge in [0.15, 0.2) is 5.82 Å². The van der Waals surface area contributed by atoms with Gasteiger partial charge in [0.2, 0.25) is 11.8 Å². The van der Waals surface area contributed by atoms with Crippen LogP contribution < -0.4 is 16.3 Å². The van der Waals surface area contributed by atoms with E-state index in [0.29, 0.717) is 11.5 Å². The largest absolute Gasteiger partial charge is 0.346 e. The highest BCUT2D eigenvalue weighted by molar-refractivity contribution is 6.03. The predicted molar refractivity (Wildman–Crippen MR) is 84.9 cm³/mol. The monoisotopic (exact) mass is 317 g/mol. The molecule has 0 radical (unpaired) electrons. The van der Waals surface area contributed by atoms with E-state index in [1.165, 1.54) is 0 Å². The van der Waals surface area contributed by atoms with Gasteiger partial charge in [-0.1, -0.05) is 12.1 Å². The standard InChI is InChI=1S/C15H19N5O3/c1-8-5-4-6-11(9(8)2)17-13(22)7-12(21)16-10(3)14-18-15(23)20-19-14/h4-6,10H,7H2,1-3H3,(H,16,21)(H,17,22)(H2,18,19,20,23). The van der Waals surface area contributed by atoms with Crippen LogP contribution in [0.25, 0.3) is 0 Å². The van der Waals surface area contributed by atoms with Gasteiger partial charge in [-0.15, -0.1) is 0 Å². The molecule has 1 aromatic carbocycles. The Labute approximate surface area is 132 Å². The molecule has 0 aliphatic heterocycles. The second-order valence-electron chi connectivity index (χ2n) is 5.32. The maximum absolute atomic E-state index is 12.0. The number of benzene rings is 1. The van der Waals surface area contributed by atoms with Gasteiger partial charge in [0.05, 0.1) is 6.04 Å². The molecule has 2 rings (SSSR count). The number of nitrogens with zero attached hydrogens (tertiary/aromatic N) is 1. The number of aromatic amines is 2. The quantitative estimate of drug-likeness (QED) is 0.613. The Morgan fingerprint density at radius 3 is 2.65 bits per heavy atom. The molecule has 0 aliphatic rings. The van der Waals surface area contributed by atoms with Gasteiger partial charge in [-0.3, -0.25) is 14.6 Å². The maximum Gasteiger partial charge on any atom is 0.340 e. The zero-order valence-corrected chi connectivity index (χ0v) is 13.2. The minimum absolute atomic E-state index is 0.304. The number of nitrogens with one attached hydrogen (secondary N) is 4. The summed E-state index contributed by atoms with van der Waals surface area (Å²) < 4.78 is 0. The molecule has 122 valence electrons. The van der Waals surface area contributed by atoms with E-state index in [4.69, 9.17) is 0 Å². The van der Waals surface area contributed by atoms with Crippen molar-refractivity contribution in [1.29, 1.82) is 0 Å². The molecule has 0 spiro atoms. The number of carbonyl (C=O) groups excluding carboxylic acids is 2.